The van der Waals surface area contributed by atoms with Crippen LogP contribution >= 0.6 is 0 Å². The van der Waals surface area contributed by atoms with Gasteiger partial charge in [-0.15, -0.1) is 5.10 Å². The fourth-order valence-corrected chi connectivity index (χ4v) is 2.45. The lowest BCUT2D eigenvalue weighted by Crippen LogP contribution is -2.35. The van der Waals surface area contributed by atoms with Crippen LogP contribution < -0.4 is 5.32 Å². The maximum Gasteiger partial charge on any atom is 0.0965 e. The minimum atomic E-state index is 0.115. The summed E-state index contributed by atoms with van der Waals surface area (Å²) in [5.74, 6) is 0.730. The maximum atomic E-state index is 4.25. The SMILES string of the molecule is CC(C)CN(CCn1cc(CNC(C)(C)C)nn1)C1CC1. The lowest BCUT2D eigenvalue weighted by Gasteiger charge is -2.23. The minimum Gasteiger partial charge on any atom is -0.306 e. The van der Waals surface area contributed by atoms with Gasteiger partial charge in [0.25, 0.3) is 0 Å². The number of nitrogens with zero attached hydrogens (tertiary/aromatic N) is 4. The van der Waals surface area contributed by atoms with E-state index in [-0.39, 0.29) is 5.54 Å². The molecule has 120 valence electrons. The van der Waals surface area contributed by atoms with Gasteiger partial charge in [0.15, 0.2) is 0 Å². The van der Waals surface area contributed by atoms with Gasteiger partial charge in [-0.1, -0.05) is 19.1 Å². The van der Waals surface area contributed by atoms with Gasteiger partial charge < -0.3 is 5.32 Å². The molecule has 0 aromatic carbocycles. The van der Waals surface area contributed by atoms with Gasteiger partial charge in [-0.25, -0.2) is 0 Å². The molecule has 1 aromatic heterocycles. The third kappa shape index (κ3) is 6.14. The van der Waals surface area contributed by atoms with E-state index in [1.807, 2.05) is 4.68 Å². The molecule has 0 unspecified atom stereocenters. The van der Waals surface area contributed by atoms with Crippen molar-refractivity contribution >= 4 is 0 Å². The lowest BCUT2D eigenvalue weighted by molar-refractivity contribution is 0.222. The van der Waals surface area contributed by atoms with Crippen molar-refractivity contribution in [2.45, 2.75) is 72.1 Å². The molecule has 1 aliphatic carbocycles. The van der Waals surface area contributed by atoms with Crippen molar-refractivity contribution in [1.29, 1.82) is 0 Å². The first kappa shape index (κ1) is 16.4. The van der Waals surface area contributed by atoms with Crippen LogP contribution in [0.15, 0.2) is 6.20 Å². The molecule has 2 rings (SSSR count). The molecular weight excluding hydrogens is 262 g/mol. The molecule has 21 heavy (non-hydrogen) atoms. The smallest absolute Gasteiger partial charge is 0.0965 e. The predicted molar refractivity (Wildman–Crippen MR) is 86.0 cm³/mol. The van der Waals surface area contributed by atoms with Gasteiger partial charge in [0, 0.05) is 37.4 Å². The highest BCUT2D eigenvalue weighted by Gasteiger charge is 2.28. The summed E-state index contributed by atoms with van der Waals surface area (Å²) in [6.45, 7) is 15.1. The summed E-state index contributed by atoms with van der Waals surface area (Å²) >= 11 is 0. The zero-order valence-corrected chi connectivity index (χ0v) is 14.3. The molecule has 1 N–H and O–H groups in total. The largest absolute Gasteiger partial charge is 0.306 e. The van der Waals surface area contributed by atoms with Crippen LogP contribution in [-0.4, -0.2) is 44.6 Å². The summed E-state index contributed by atoms with van der Waals surface area (Å²) in [5.41, 5.74) is 1.14. The van der Waals surface area contributed by atoms with Gasteiger partial charge in [0.05, 0.1) is 12.2 Å². The fraction of sp³-hybridized carbons (Fsp3) is 0.875. The van der Waals surface area contributed by atoms with E-state index in [1.165, 1.54) is 19.4 Å². The van der Waals surface area contributed by atoms with Crippen LogP contribution in [0.4, 0.5) is 0 Å². The Morgan fingerprint density at radius 3 is 2.67 bits per heavy atom. The molecule has 0 aliphatic heterocycles. The summed E-state index contributed by atoms with van der Waals surface area (Å²) in [6, 6.07) is 0.818. The molecule has 1 aromatic rings. The monoisotopic (exact) mass is 293 g/mol. The summed E-state index contributed by atoms with van der Waals surface area (Å²) in [7, 11) is 0. The van der Waals surface area contributed by atoms with Crippen molar-refractivity contribution in [2.24, 2.45) is 5.92 Å². The number of hydrogen-bond acceptors (Lipinski definition) is 4. The third-order valence-electron chi connectivity index (χ3n) is 3.67. The Balaban J connectivity index is 1.78. The summed E-state index contributed by atoms with van der Waals surface area (Å²) in [5, 5.41) is 11.9. The van der Waals surface area contributed by atoms with Crippen molar-refractivity contribution in [3.63, 3.8) is 0 Å². The number of nitrogens with one attached hydrogen (secondary N) is 1. The number of aromatic nitrogens is 3. The molecular formula is C16H31N5. The second-order valence-corrected chi connectivity index (χ2v) is 7.70. The Hall–Kier alpha value is -0.940. The Morgan fingerprint density at radius 2 is 2.10 bits per heavy atom. The third-order valence-corrected chi connectivity index (χ3v) is 3.67. The minimum absolute atomic E-state index is 0.115. The van der Waals surface area contributed by atoms with Gasteiger partial charge in [-0.05, 0) is 39.5 Å². The van der Waals surface area contributed by atoms with Crippen molar-refractivity contribution in [3.8, 4) is 0 Å². The van der Waals surface area contributed by atoms with Crippen molar-refractivity contribution in [3.05, 3.63) is 11.9 Å². The topological polar surface area (TPSA) is 46.0 Å². The van der Waals surface area contributed by atoms with Crippen LogP contribution in [0.5, 0.6) is 0 Å². The van der Waals surface area contributed by atoms with Crippen LogP contribution in [0.1, 0.15) is 53.2 Å². The van der Waals surface area contributed by atoms with Crippen molar-refractivity contribution in [2.75, 3.05) is 13.1 Å². The van der Waals surface area contributed by atoms with Crippen molar-refractivity contribution < 1.29 is 0 Å². The van der Waals surface area contributed by atoms with Crippen LogP contribution in [0.3, 0.4) is 0 Å². The lowest BCUT2D eigenvalue weighted by atomic mass is 10.1. The average molecular weight is 293 g/mol. The molecule has 1 saturated carbocycles. The average Bonchev–Trinajstić information content (AvgIpc) is 3.11. The molecule has 1 aliphatic rings. The second kappa shape index (κ2) is 6.88. The highest BCUT2D eigenvalue weighted by molar-refractivity contribution is 4.93. The predicted octanol–water partition coefficient (Wildman–Crippen LogP) is 2.29. The molecule has 5 heteroatoms. The maximum absolute atomic E-state index is 4.25. The standard InChI is InChI=1S/C16H31N5/c1-13(2)11-20(15-6-7-15)8-9-21-12-14(18-19-21)10-17-16(3,4)5/h12-13,15,17H,6-11H2,1-5H3. The number of hydrogen-bond donors (Lipinski definition) is 1. The molecule has 1 fully saturated rings. The summed E-state index contributed by atoms with van der Waals surface area (Å²) < 4.78 is 1.98. The van der Waals surface area contributed by atoms with E-state index in [0.29, 0.717) is 0 Å². The zero-order chi connectivity index (χ0) is 15.5. The highest BCUT2D eigenvalue weighted by atomic mass is 15.4. The molecule has 0 radical (unpaired) electrons. The van der Waals surface area contributed by atoms with Gasteiger partial charge in [-0.3, -0.25) is 9.58 Å². The van der Waals surface area contributed by atoms with Crippen LogP contribution in [-0.2, 0) is 13.1 Å². The van der Waals surface area contributed by atoms with E-state index in [0.717, 1.165) is 37.3 Å². The van der Waals surface area contributed by atoms with E-state index in [2.05, 4.69) is 61.3 Å². The zero-order valence-electron chi connectivity index (χ0n) is 14.3. The molecule has 0 bridgehead atoms. The number of rotatable bonds is 8. The fourth-order valence-electron chi connectivity index (χ4n) is 2.45. The molecule has 1 heterocycles. The summed E-state index contributed by atoms with van der Waals surface area (Å²) in [4.78, 5) is 2.61. The molecule has 0 saturated heterocycles. The van der Waals surface area contributed by atoms with E-state index < -0.39 is 0 Å². The quantitative estimate of drug-likeness (QED) is 0.799. The van der Waals surface area contributed by atoms with Crippen LogP contribution in [0.25, 0.3) is 0 Å². The van der Waals surface area contributed by atoms with Crippen molar-refractivity contribution in [1.82, 2.24) is 25.2 Å². The van der Waals surface area contributed by atoms with Gasteiger partial charge in [0.1, 0.15) is 0 Å². The molecule has 5 nitrogen and oxygen atoms in total. The highest BCUT2D eigenvalue weighted by Crippen LogP contribution is 2.27. The summed E-state index contributed by atoms with van der Waals surface area (Å²) in [6.07, 6.45) is 4.80. The molecule has 0 amide bonds. The van der Waals surface area contributed by atoms with E-state index in [1.54, 1.807) is 0 Å². The van der Waals surface area contributed by atoms with Gasteiger partial charge in [0.2, 0.25) is 0 Å². The Kier molecular flexibility index (Phi) is 5.38. The first-order valence-electron chi connectivity index (χ1n) is 8.21. The van der Waals surface area contributed by atoms with E-state index in [9.17, 15) is 0 Å². The van der Waals surface area contributed by atoms with E-state index >= 15 is 0 Å². The first-order chi connectivity index (χ1) is 9.83. The second-order valence-electron chi connectivity index (χ2n) is 7.70. The first-order valence-corrected chi connectivity index (χ1v) is 8.21. The normalized spacial score (nSPS) is 16.1. The van der Waals surface area contributed by atoms with Gasteiger partial charge in [-0.2, -0.15) is 0 Å². The van der Waals surface area contributed by atoms with Crippen LogP contribution in [0, 0.1) is 5.92 Å². The molecule has 0 spiro atoms. The Morgan fingerprint density at radius 1 is 1.38 bits per heavy atom. The van der Waals surface area contributed by atoms with Gasteiger partial charge >= 0.3 is 0 Å². The Bertz CT molecular complexity index is 428. The Labute approximate surface area is 129 Å². The van der Waals surface area contributed by atoms with Crippen LogP contribution in [0.2, 0.25) is 0 Å². The molecule has 0 atom stereocenters. The van der Waals surface area contributed by atoms with E-state index in [4.69, 9.17) is 0 Å².